The van der Waals surface area contributed by atoms with E-state index in [1.54, 1.807) is 0 Å². The van der Waals surface area contributed by atoms with Crippen LogP contribution in [0.3, 0.4) is 0 Å². The molecule has 2 aliphatic heterocycles. The molecule has 0 aromatic carbocycles. The number of hydrogen-bond acceptors (Lipinski definition) is 2. The van der Waals surface area contributed by atoms with Gasteiger partial charge in [0, 0.05) is 18.6 Å². The number of carbonyl (C=O) groups excluding carboxylic acids is 1. The molecule has 0 radical (unpaired) electrons. The molecule has 1 N–H and O–H groups in total. The first-order chi connectivity index (χ1) is 6.18. The van der Waals surface area contributed by atoms with E-state index in [4.69, 9.17) is 4.74 Å². The fraction of sp³-hybridized carbons (Fsp3) is 0.900. The summed E-state index contributed by atoms with van der Waals surface area (Å²) in [5, 5.41) is 3.04. The Labute approximate surface area is 78.8 Å². The average Bonchev–Trinajstić information content (AvgIpc) is 2.62. The lowest BCUT2D eigenvalue weighted by Crippen LogP contribution is -2.41. The van der Waals surface area contributed by atoms with E-state index in [1.807, 2.05) is 0 Å². The quantitative estimate of drug-likeness (QED) is 0.699. The van der Waals surface area contributed by atoms with Crippen LogP contribution in [0.25, 0.3) is 0 Å². The Kier molecular flexibility index (Phi) is 2.28. The van der Waals surface area contributed by atoms with Crippen LogP contribution in [0, 0.1) is 0 Å². The van der Waals surface area contributed by atoms with Gasteiger partial charge in [-0.3, -0.25) is 4.79 Å². The van der Waals surface area contributed by atoms with Crippen molar-refractivity contribution in [3.05, 3.63) is 0 Å². The molecule has 0 aliphatic carbocycles. The largest absolute Gasteiger partial charge is 0.378 e. The minimum atomic E-state index is 0.00604. The summed E-state index contributed by atoms with van der Waals surface area (Å²) in [5.74, 6) is 0.195. The first-order valence-corrected chi connectivity index (χ1v) is 5.11. The Bertz CT molecular complexity index is 211. The Hall–Kier alpha value is -0.570. The van der Waals surface area contributed by atoms with Crippen molar-refractivity contribution in [2.75, 3.05) is 6.61 Å². The van der Waals surface area contributed by atoms with Crippen molar-refractivity contribution in [3.63, 3.8) is 0 Å². The summed E-state index contributed by atoms with van der Waals surface area (Å²) in [6, 6.07) is 0. The van der Waals surface area contributed by atoms with E-state index in [2.05, 4.69) is 12.2 Å². The van der Waals surface area contributed by atoms with Crippen LogP contribution in [-0.2, 0) is 9.53 Å². The highest BCUT2D eigenvalue weighted by molar-refractivity contribution is 5.79. The predicted molar refractivity (Wildman–Crippen MR) is 49.4 cm³/mol. The van der Waals surface area contributed by atoms with Crippen LogP contribution in [0.4, 0.5) is 0 Å². The second kappa shape index (κ2) is 3.29. The summed E-state index contributed by atoms with van der Waals surface area (Å²) >= 11 is 0. The van der Waals surface area contributed by atoms with Gasteiger partial charge in [0.05, 0.1) is 6.10 Å². The normalized spacial score (nSPS) is 39.5. The molecule has 2 fully saturated rings. The minimum absolute atomic E-state index is 0.00604. The van der Waals surface area contributed by atoms with Gasteiger partial charge < -0.3 is 10.1 Å². The van der Waals surface area contributed by atoms with Crippen LogP contribution in [0.1, 0.15) is 39.0 Å². The topological polar surface area (TPSA) is 38.3 Å². The number of amides is 1. The van der Waals surface area contributed by atoms with E-state index >= 15 is 0 Å². The molecule has 2 aliphatic rings. The lowest BCUT2D eigenvalue weighted by molar-refractivity contribution is -0.119. The first kappa shape index (κ1) is 9.00. The van der Waals surface area contributed by atoms with Crippen molar-refractivity contribution in [1.29, 1.82) is 0 Å². The van der Waals surface area contributed by atoms with E-state index in [1.165, 1.54) is 6.42 Å². The maximum Gasteiger partial charge on any atom is 0.220 e. The monoisotopic (exact) mass is 183 g/mol. The lowest BCUT2D eigenvalue weighted by atomic mass is 9.92. The number of hydrogen-bond donors (Lipinski definition) is 1. The van der Waals surface area contributed by atoms with Crippen LogP contribution < -0.4 is 5.32 Å². The Balaban J connectivity index is 1.88. The molecule has 2 rings (SSSR count). The Morgan fingerprint density at radius 1 is 1.69 bits per heavy atom. The smallest absolute Gasteiger partial charge is 0.220 e. The number of carbonyl (C=O) groups is 1. The molecule has 13 heavy (non-hydrogen) atoms. The van der Waals surface area contributed by atoms with Crippen molar-refractivity contribution in [2.45, 2.75) is 50.7 Å². The fourth-order valence-electron chi connectivity index (χ4n) is 2.31. The van der Waals surface area contributed by atoms with E-state index in [9.17, 15) is 4.79 Å². The van der Waals surface area contributed by atoms with Gasteiger partial charge in [-0.15, -0.1) is 0 Å². The number of rotatable bonds is 2. The Morgan fingerprint density at radius 3 is 3.08 bits per heavy atom. The molecule has 2 saturated heterocycles. The van der Waals surface area contributed by atoms with Gasteiger partial charge in [0.25, 0.3) is 0 Å². The summed E-state index contributed by atoms with van der Waals surface area (Å²) < 4.78 is 5.56. The molecule has 0 saturated carbocycles. The molecule has 3 nitrogen and oxygen atoms in total. The van der Waals surface area contributed by atoms with Gasteiger partial charge in [-0.25, -0.2) is 0 Å². The van der Waals surface area contributed by atoms with E-state index in [0.717, 1.165) is 25.9 Å². The van der Waals surface area contributed by atoms with Crippen LogP contribution in [0.5, 0.6) is 0 Å². The standard InChI is InChI=1S/C10H17NO2/c1-10(5-4-9(12)11-10)7-8-3-2-6-13-8/h8H,2-7H2,1H3,(H,11,12). The van der Waals surface area contributed by atoms with Crippen LogP contribution in [-0.4, -0.2) is 24.2 Å². The molecular formula is C10H17NO2. The van der Waals surface area contributed by atoms with Gasteiger partial charge in [0.2, 0.25) is 5.91 Å². The highest BCUT2D eigenvalue weighted by Crippen LogP contribution is 2.29. The van der Waals surface area contributed by atoms with Crippen molar-refractivity contribution < 1.29 is 9.53 Å². The summed E-state index contributed by atoms with van der Waals surface area (Å²) in [4.78, 5) is 11.1. The third-order valence-corrected chi connectivity index (χ3v) is 3.05. The zero-order valence-electron chi connectivity index (χ0n) is 8.14. The highest BCUT2D eigenvalue weighted by atomic mass is 16.5. The fourth-order valence-corrected chi connectivity index (χ4v) is 2.31. The summed E-state index contributed by atoms with van der Waals surface area (Å²) in [6.07, 6.45) is 5.34. The molecule has 2 heterocycles. The maximum absolute atomic E-state index is 11.1. The third kappa shape index (κ3) is 2.02. The third-order valence-electron chi connectivity index (χ3n) is 3.05. The van der Waals surface area contributed by atoms with Crippen LogP contribution >= 0.6 is 0 Å². The number of nitrogens with one attached hydrogen (secondary N) is 1. The zero-order valence-corrected chi connectivity index (χ0v) is 8.14. The summed E-state index contributed by atoms with van der Waals surface area (Å²) in [6.45, 7) is 3.02. The molecule has 0 aromatic rings. The summed E-state index contributed by atoms with van der Waals surface area (Å²) in [7, 11) is 0. The second-order valence-corrected chi connectivity index (χ2v) is 4.45. The van der Waals surface area contributed by atoms with Crippen molar-refractivity contribution in [3.8, 4) is 0 Å². The van der Waals surface area contributed by atoms with Gasteiger partial charge in [0.1, 0.15) is 0 Å². The molecular weight excluding hydrogens is 166 g/mol. The van der Waals surface area contributed by atoms with Gasteiger partial charge >= 0.3 is 0 Å². The number of ether oxygens (including phenoxy) is 1. The lowest BCUT2D eigenvalue weighted by Gasteiger charge is -2.26. The highest BCUT2D eigenvalue weighted by Gasteiger charge is 2.36. The molecule has 2 unspecified atom stereocenters. The van der Waals surface area contributed by atoms with Crippen molar-refractivity contribution in [2.24, 2.45) is 0 Å². The van der Waals surface area contributed by atoms with Crippen molar-refractivity contribution >= 4 is 5.91 Å². The molecule has 1 amide bonds. The van der Waals surface area contributed by atoms with Crippen LogP contribution in [0.2, 0.25) is 0 Å². The second-order valence-electron chi connectivity index (χ2n) is 4.45. The maximum atomic E-state index is 11.1. The van der Waals surface area contributed by atoms with E-state index < -0.39 is 0 Å². The summed E-state index contributed by atoms with van der Waals surface area (Å²) in [5.41, 5.74) is 0.00604. The molecule has 0 spiro atoms. The molecule has 74 valence electrons. The SMILES string of the molecule is CC1(CC2CCCO2)CCC(=O)N1. The Morgan fingerprint density at radius 2 is 2.54 bits per heavy atom. The van der Waals surface area contributed by atoms with Gasteiger partial charge in [-0.05, 0) is 32.6 Å². The first-order valence-electron chi connectivity index (χ1n) is 5.11. The van der Waals surface area contributed by atoms with E-state index in [0.29, 0.717) is 12.5 Å². The molecule has 0 bridgehead atoms. The molecule has 2 atom stereocenters. The van der Waals surface area contributed by atoms with Gasteiger partial charge in [-0.2, -0.15) is 0 Å². The van der Waals surface area contributed by atoms with Gasteiger partial charge in [0.15, 0.2) is 0 Å². The van der Waals surface area contributed by atoms with Crippen LogP contribution in [0.15, 0.2) is 0 Å². The van der Waals surface area contributed by atoms with Gasteiger partial charge in [-0.1, -0.05) is 0 Å². The molecule has 0 aromatic heterocycles. The van der Waals surface area contributed by atoms with Crippen molar-refractivity contribution in [1.82, 2.24) is 5.32 Å². The minimum Gasteiger partial charge on any atom is -0.378 e. The molecule has 3 heteroatoms. The predicted octanol–water partition coefficient (Wildman–Crippen LogP) is 1.22. The van der Waals surface area contributed by atoms with E-state index in [-0.39, 0.29) is 11.4 Å². The zero-order chi connectivity index (χ0) is 9.31. The average molecular weight is 183 g/mol.